The summed E-state index contributed by atoms with van der Waals surface area (Å²) in [6.45, 7) is 2.00. The highest BCUT2D eigenvalue weighted by atomic mass is 35.5. The number of benzene rings is 1. The molecule has 0 aliphatic heterocycles. The molecule has 0 spiro atoms. The second-order valence-electron chi connectivity index (χ2n) is 3.51. The molecule has 0 heterocycles. The van der Waals surface area contributed by atoms with Gasteiger partial charge < -0.3 is 0 Å². The molecule has 0 N–H and O–H groups in total. The number of rotatable bonds is 0. The van der Waals surface area contributed by atoms with Crippen molar-refractivity contribution in [2.24, 2.45) is 5.92 Å². The predicted octanol–water partition coefficient (Wildman–Crippen LogP) is 3.41. The minimum Gasteiger partial charge on any atom is -0.0945 e. The molecule has 0 nitrogen and oxygen atoms in total. The molecule has 0 saturated heterocycles. The molecule has 0 unspecified atom stereocenters. The van der Waals surface area contributed by atoms with E-state index in [4.69, 9.17) is 11.6 Å². The zero-order valence-electron chi connectivity index (χ0n) is 7.60. The van der Waals surface area contributed by atoms with Crippen molar-refractivity contribution in [2.45, 2.75) is 19.8 Å². The van der Waals surface area contributed by atoms with E-state index >= 15 is 0 Å². The SMILES string of the molecule is Cc1ccc(C#CC2CC2)cc1Cl. The molecule has 0 radical (unpaired) electrons. The zero-order valence-corrected chi connectivity index (χ0v) is 8.36. The summed E-state index contributed by atoms with van der Waals surface area (Å²) in [5.41, 5.74) is 2.14. The molecule has 1 aliphatic carbocycles. The maximum atomic E-state index is 5.98. The molecular weight excluding hydrogens is 180 g/mol. The van der Waals surface area contributed by atoms with E-state index in [2.05, 4.69) is 11.8 Å². The van der Waals surface area contributed by atoms with Crippen molar-refractivity contribution in [3.05, 3.63) is 34.3 Å². The Morgan fingerprint density at radius 1 is 1.38 bits per heavy atom. The van der Waals surface area contributed by atoms with E-state index in [9.17, 15) is 0 Å². The first-order valence-corrected chi connectivity index (χ1v) is 4.91. The van der Waals surface area contributed by atoms with Crippen LogP contribution >= 0.6 is 11.6 Å². The Bertz CT molecular complexity index is 378. The summed E-state index contributed by atoms with van der Waals surface area (Å²) in [4.78, 5) is 0. The topological polar surface area (TPSA) is 0 Å². The van der Waals surface area contributed by atoms with Crippen LogP contribution in [0, 0.1) is 24.7 Å². The van der Waals surface area contributed by atoms with Crippen LogP contribution in [0.25, 0.3) is 0 Å². The molecule has 13 heavy (non-hydrogen) atoms. The summed E-state index contributed by atoms with van der Waals surface area (Å²) in [5.74, 6) is 7.00. The van der Waals surface area contributed by atoms with Crippen molar-refractivity contribution >= 4 is 11.6 Å². The fraction of sp³-hybridized carbons (Fsp3) is 0.333. The van der Waals surface area contributed by atoms with E-state index in [1.165, 1.54) is 12.8 Å². The van der Waals surface area contributed by atoms with Crippen molar-refractivity contribution in [1.29, 1.82) is 0 Å². The molecule has 1 aromatic rings. The molecule has 66 valence electrons. The van der Waals surface area contributed by atoms with Gasteiger partial charge in [-0.15, -0.1) is 0 Å². The monoisotopic (exact) mass is 190 g/mol. The molecule has 0 amide bonds. The lowest BCUT2D eigenvalue weighted by atomic mass is 10.1. The number of halogens is 1. The van der Waals surface area contributed by atoms with Gasteiger partial charge in [-0.2, -0.15) is 0 Å². The fourth-order valence-electron chi connectivity index (χ4n) is 1.08. The summed E-state index contributed by atoms with van der Waals surface area (Å²) >= 11 is 5.98. The Morgan fingerprint density at radius 2 is 2.15 bits per heavy atom. The Hall–Kier alpha value is -0.930. The van der Waals surface area contributed by atoms with Crippen molar-refractivity contribution < 1.29 is 0 Å². The third kappa shape index (κ3) is 2.26. The largest absolute Gasteiger partial charge is 0.0945 e. The predicted molar refractivity (Wildman–Crippen MR) is 55.8 cm³/mol. The smallest absolute Gasteiger partial charge is 0.0447 e. The van der Waals surface area contributed by atoms with Crippen molar-refractivity contribution in [3.63, 3.8) is 0 Å². The summed E-state index contributed by atoms with van der Waals surface area (Å²) in [5, 5.41) is 0.808. The third-order valence-electron chi connectivity index (χ3n) is 2.17. The molecule has 1 saturated carbocycles. The van der Waals surface area contributed by atoms with Gasteiger partial charge in [-0.25, -0.2) is 0 Å². The lowest BCUT2D eigenvalue weighted by molar-refractivity contribution is 1.18. The average Bonchev–Trinajstić information content (AvgIpc) is 2.91. The van der Waals surface area contributed by atoms with Gasteiger partial charge in [-0.1, -0.05) is 29.5 Å². The van der Waals surface area contributed by atoms with Crippen LogP contribution < -0.4 is 0 Å². The van der Waals surface area contributed by atoms with Crippen LogP contribution in [0.1, 0.15) is 24.0 Å². The third-order valence-corrected chi connectivity index (χ3v) is 2.58. The summed E-state index contributed by atoms with van der Waals surface area (Å²) in [6, 6.07) is 5.97. The van der Waals surface area contributed by atoms with Gasteiger partial charge in [-0.3, -0.25) is 0 Å². The lowest BCUT2D eigenvalue weighted by Crippen LogP contribution is -1.78. The Labute approximate surface area is 83.9 Å². The van der Waals surface area contributed by atoms with Gasteiger partial charge in [0, 0.05) is 16.5 Å². The highest BCUT2D eigenvalue weighted by molar-refractivity contribution is 6.31. The molecule has 0 bridgehead atoms. The standard InChI is InChI=1S/C12H11Cl/c1-9-2-3-11(8-12(9)13)7-6-10-4-5-10/h2-3,8,10H,4-5H2,1H3. The van der Waals surface area contributed by atoms with Gasteiger partial charge in [0.15, 0.2) is 0 Å². The lowest BCUT2D eigenvalue weighted by Gasteiger charge is -1.96. The van der Waals surface area contributed by atoms with Crippen LogP contribution in [0.5, 0.6) is 0 Å². The Balaban J connectivity index is 2.22. The molecule has 0 aromatic heterocycles. The van der Waals surface area contributed by atoms with E-state index in [0.717, 1.165) is 16.1 Å². The van der Waals surface area contributed by atoms with Gasteiger partial charge in [0.2, 0.25) is 0 Å². The van der Waals surface area contributed by atoms with Crippen molar-refractivity contribution in [2.75, 3.05) is 0 Å². The quantitative estimate of drug-likeness (QED) is 0.550. The van der Waals surface area contributed by atoms with Crippen LogP contribution in [0.15, 0.2) is 18.2 Å². The van der Waals surface area contributed by atoms with Crippen LogP contribution in [0.3, 0.4) is 0 Å². The van der Waals surface area contributed by atoms with Gasteiger partial charge in [-0.05, 0) is 37.5 Å². The fourth-order valence-corrected chi connectivity index (χ4v) is 1.26. The average molecular weight is 191 g/mol. The van der Waals surface area contributed by atoms with E-state index in [-0.39, 0.29) is 0 Å². The van der Waals surface area contributed by atoms with E-state index in [1.807, 2.05) is 25.1 Å². The van der Waals surface area contributed by atoms with Crippen LogP contribution in [-0.2, 0) is 0 Å². The second-order valence-corrected chi connectivity index (χ2v) is 3.91. The second kappa shape index (κ2) is 3.44. The maximum Gasteiger partial charge on any atom is 0.0447 e. The number of aryl methyl sites for hydroxylation is 1. The summed E-state index contributed by atoms with van der Waals surface area (Å²) in [7, 11) is 0. The summed E-state index contributed by atoms with van der Waals surface area (Å²) in [6.07, 6.45) is 2.54. The molecule has 1 heteroatoms. The van der Waals surface area contributed by atoms with E-state index in [1.54, 1.807) is 0 Å². The minimum atomic E-state index is 0.653. The molecule has 1 aromatic carbocycles. The van der Waals surface area contributed by atoms with Crippen LogP contribution in [0.4, 0.5) is 0 Å². The maximum absolute atomic E-state index is 5.98. The zero-order chi connectivity index (χ0) is 9.26. The first-order chi connectivity index (χ1) is 6.25. The molecule has 1 aliphatic rings. The van der Waals surface area contributed by atoms with Crippen LogP contribution in [0.2, 0.25) is 5.02 Å². The van der Waals surface area contributed by atoms with Crippen LogP contribution in [-0.4, -0.2) is 0 Å². The van der Waals surface area contributed by atoms with Crippen molar-refractivity contribution in [1.82, 2.24) is 0 Å². The molecule has 1 fully saturated rings. The molecule has 0 atom stereocenters. The number of hydrogen-bond acceptors (Lipinski definition) is 0. The first kappa shape index (κ1) is 8.66. The van der Waals surface area contributed by atoms with E-state index in [0.29, 0.717) is 5.92 Å². The molecule has 2 rings (SSSR count). The van der Waals surface area contributed by atoms with E-state index < -0.39 is 0 Å². The highest BCUT2D eigenvalue weighted by Gasteiger charge is 2.17. The van der Waals surface area contributed by atoms with Gasteiger partial charge in [0.05, 0.1) is 0 Å². The minimum absolute atomic E-state index is 0.653. The first-order valence-electron chi connectivity index (χ1n) is 4.53. The van der Waals surface area contributed by atoms with Crippen molar-refractivity contribution in [3.8, 4) is 11.8 Å². The molecular formula is C12H11Cl. The van der Waals surface area contributed by atoms with Gasteiger partial charge in [0.1, 0.15) is 0 Å². The normalized spacial score (nSPS) is 14.9. The Kier molecular flexibility index (Phi) is 2.29. The Morgan fingerprint density at radius 3 is 2.77 bits per heavy atom. The summed E-state index contributed by atoms with van der Waals surface area (Å²) < 4.78 is 0. The highest BCUT2D eigenvalue weighted by Crippen LogP contribution is 2.27. The number of hydrogen-bond donors (Lipinski definition) is 0. The van der Waals surface area contributed by atoms with Gasteiger partial charge in [0.25, 0.3) is 0 Å². The van der Waals surface area contributed by atoms with Gasteiger partial charge >= 0.3 is 0 Å².